The Morgan fingerprint density at radius 1 is 0.969 bits per heavy atom. The highest BCUT2D eigenvalue weighted by molar-refractivity contribution is 7.80. The Bertz CT molecular complexity index is 1260. The standard InChI is InChI=1S/C25H23N5OS/c1-16-14-21(17(2)29(16)19-6-5-12-26-15-19)24-23(22-7-3-4-13-27-22)28-25(32)30(24)18-8-10-20(31)11-9-18/h3-15,23-24,31H,1-2H3,(H,28,32). The predicted octanol–water partition coefficient (Wildman–Crippen LogP) is 4.77. The molecule has 2 unspecified atom stereocenters. The number of phenols is 1. The summed E-state index contributed by atoms with van der Waals surface area (Å²) >= 11 is 5.79. The van der Waals surface area contributed by atoms with Crippen LogP contribution in [0.15, 0.2) is 79.3 Å². The lowest BCUT2D eigenvalue weighted by molar-refractivity contribution is 0.475. The SMILES string of the molecule is Cc1cc(C2C(c3ccccn3)NC(=S)N2c2ccc(O)cc2)c(C)n1-c1cccnc1. The van der Waals surface area contributed by atoms with Crippen LogP contribution in [0.25, 0.3) is 5.69 Å². The van der Waals surface area contributed by atoms with Crippen molar-refractivity contribution in [3.8, 4) is 11.4 Å². The summed E-state index contributed by atoms with van der Waals surface area (Å²) in [6, 6.07) is 19.0. The minimum absolute atomic E-state index is 0.112. The summed E-state index contributed by atoms with van der Waals surface area (Å²) in [5.41, 5.74) is 6.25. The highest BCUT2D eigenvalue weighted by Gasteiger charge is 2.42. The number of nitrogens with one attached hydrogen (secondary N) is 1. The Kier molecular flexibility index (Phi) is 5.11. The van der Waals surface area contributed by atoms with Crippen LogP contribution in [-0.2, 0) is 0 Å². The fourth-order valence-electron chi connectivity index (χ4n) is 4.53. The molecule has 1 aliphatic heterocycles. The molecule has 1 fully saturated rings. The van der Waals surface area contributed by atoms with Gasteiger partial charge in [-0.1, -0.05) is 6.07 Å². The lowest BCUT2D eigenvalue weighted by Gasteiger charge is -2.28. The van der Waals surface area contributed by atoms with Gasteiger partial charge in [0.05, 0.1) is 29.7 Å². The van der Waals surface area contributed by atoms with Crippen molar-refractivity contribution in [3.63, 3.8) is 0 Å². The van der Waals surface area contributed by atoms with Crippen LogP contribution in [0.2, 0.25) is 0 Å². The number of anilines is 1. The van der Waals surface area contributed by atoms with Gasteiger partial charge >= 0.3 is 0 Å². The number of aromatic nitrogens is 3. The molecule has 1 aliphatic rings. The van der Waals surface area contributed by atoms with Crippen molar-refractivity contribution in [3.05, 3.63) is 102 Å². The van der Waals surface area contributed by atoms with Gasteiger partial charge in [0.15, 0.2) is 5.11 Å². The second-order valence-corrected chi connectivity index (χ2v) is 8.27. The van der Waals surface area contributed by atoms with Crippen molar-refractivity contribution < 1.29 is 5.11 Å². The van der Waals surface area contributed by atoms with E-state index < -0.39 is 0 Å². The number of aryl methyl sites for hydroxylation is 1. The molecule has 0 radical (unpaired) electrons. The quantitative estimate of drug-likeness (QED) is 0.445. The monoisotopic (exact) mass is 441 g/mol. The van der Waals surface area contributed by atoms with Crippen LogP contribution in [0.4, 0.5) is 5.69 Å². The lowest BCUT2D eigenvalue weighted by Crippen LogP contribution is -2.29. The van der Waals surface area contributed by atoms with Gasteiger partial charge in [0.2, 0.25) is 0 Å². The molecule has 4 heterocycles. The molecule has 160 valence electrons. The number of benzene rings is 1. The van der Waals surface area contributed by atoms with Crippen LogP contribution < -0.4 is 10.2 Å². The van der Waals surface area contributed by atoms with Crippen LogP contribution >= 0.6 is 12.2 Å². The molecule has 1 saturated heterocycles. The van der Waals surface area contributed by atoms with E-state index in [1.165, 1.54) is 0 Å². The number of phenolic OH excluding ortho intramolecular Hbond substituents is 1. The average molecular weight is 442 g/mol. The summed E-state index contributed by atoms with van der Waals surface area (Å²) in [4.78, 5) is 11.0. The highest BCUT2D eigenvalue weighted by atomic mass is 32.1. The van der Waals surface area contributed by atoms with E-state index in [-0.39, 0.29) is 17.8 Å². The summed E-state index contributed by atoms with van der Waals surface area (Å²) in [6.07, 6.45) is 5.45. The fraction of sp³-hybridized carbons (Fsp3) is 0.160. The molecular formula is C25H23N5OS. The zero-order chi connectivity index (χ0) is 22.2. The van der Waals surface area contributed by atoms with E-state index >= 15 is 0 Å². The van der Waals surface area contributed by atoms with Crippen LogP contribution in [0.5, 0.6) is 5.75 Å². The molecule has 2 N–H and O–H groups in total. The molecule has 7 heteroatoms. The molecule has 2 atom stereocenters. The van der Waals surface area contributed by atoms with Gasteiger partial charge in [-0.2, -0.15) is 0 Å². The first-order valence-corrected chi connectivity index (χ1v) is 10.8. The summed E-state index contributed by atoms with van der Waals surface area (Å²) in [6.45, 7) is 4.23. The first-order chi connectivity index (χ1) is 15.5. The van der Waals surface area contributed by atoms with E-state index in [2.05, 4.69) is 50.7 Å². The van der Waals surface area contributed by atoms with Crippen molar-refractivity contribution in [2.24, 2.45) is 0 Å². The molecule has 1 aromatic carbocycles. The molecule has 5 rings (SSSR count). The van der Waals surface area contributed by atoms with Gasteiger partial charge < -0.3 is 19.9 Å². The van der Waals surface area contributed by atoms with Crippen LogP contribution in [0, 0.1) is 13.8 Å². The first-order valence-electron chi connectivity index (χ1n) is 10.4. The largest absolute Gasteiger partial charge is 0.508 e. The maximum absolute atomic E-state index is 9.80. The Morgan fingerprint density at radius 2 is 1.78 bits per heavy atom. The number of pyridine rings is 2. The summed E-state index contributed by atoms with van der Waals surface area (Å²) < 4.78 is 2.22. The van der Waals surface area contributed by atoms with Gasteiger partial charge in [-0.25, -0.2) is 0 Å². The maximum atomic E-state index is 9.80. The van der Waals surface area contributed by atoms with Crippen LogP contribution in [-0.4, -0.2) is 24.8 Å². The molecule has 0 aliphatic carbocycles. The number of aromatic hydroxyl groups is 1. The molecule has 3 aromatic heterocycles. The minimum Gasteiger partial charge on any atom is -0.508 e. The number of nitrogens with zero attached hydrogens (tertiary/aromatic N) is 4. The third-order valence-corrected chi connectivity index (χ3v) is 6.23. The number of hydrogen-bond acceptors (Lipinski definition) is 4. The van der Waals surface area contributed by atoms with E-state index in [1.807, 2.05) is 42.6 Å². The number of rotatable bonds is 4. The molecule has 32 heavy (non-hydrogen) atoms. The highest BCUT2D eigenvalue weighted by Crippen LogP contribution is 2.43. The van der Waals surface area contributed by atoms with Crippen LogP contribution in [0.1, 0.15) is 34.7 Å². The number of hydrogen-bond donors (Lipinski definition) is 2. The van der Waals surface area contributed by atoms with Gasteiger partial charge in [0, 0.05) is 29.5 Å². The second-order valence-electron chi connectivity index (χ2n) is 7.89. The van der Waals surface area contributed by atoms with Gasteiger partial charge in [-0.15, -0.1) is 0 Å². The molecular weight excluding hydrogens is 418 g/mol. The van der Waals surface area contributed by atoms with E-state index in [4.69, 9.17) is 12.2 Å². The Hall–Kier alpha value is -3.71. The zero-order valence-electron chi connectivity index (χ0n) is 17.8. The molecule has 0 saturated carbocycles. The summed E-state index contributed by atoms with van der Waals surface area (Å²) in [5.74, 6) is 0.222. The van der Waals surface area contributed by atoms with Crippen molar-refractivity contribution in [2.75, 3.05) is 4.90 Å². The normalized spacial score (nSPS) is 18.1. The zero-order valence-corrected chi connectivity index (χ0v) is 18.6. The maximum Gasteiger partial charge on any atom is 0.174 e. The van der Waals surface area contributed by atoms with Crippen molar-refractivity contribution in [2.45, 2.75) is 25.9 Å². The number of thiocarbonyl (C=S) groups is 1. The molecule has 4 aromatic rings. The molecule has 0 spiro atoms. The third kappa shape index (κ3) is 3.40. The van der Waals surface area contributed by atoms with E-state index in [0.717, 1.165) is 34.0 Å². The Morgan fingerprint density at radius 3 is 2.47 bits per heavy atom. The summed E-state index contributed by atoms with van der Waals surface area (Å²) in [7, 11) is 0. The van der Waals surface area contributed by atoms with Gasteiger partial charge in [-0.3, -0.25) is 9.97 Å². The van der Waals surface area contributed by atoms with E-state index in [0.29, 0.717) is 5.11 Å². The van der Waals surface area contributed by atoms with Crippen molar-refractivity contribution in [1.29, 1.82) is 0 Å². The molecule has 0 bridgehead atoms. The minimum atomic E-state index is -0.125. The average Bonchev–Trinajstić information content (AvgIpc) is 3.31. The van der Waals surface area contributed by atoms with Crippen molar-refractivity contribution >= 4 is 23.0 Å². The Labute approximate surface area is 192 Å². The van der Waals surface area contributed by atoms with E-state index in [9.17, 15) is 5.11 Å². The van der Waals surface area contributed by atoms with Crippen molar-refractivity contribution in [1.82, 2.24) is 19.9 Å². The third-order valence-electron chi connectivity index (χ3n) is 5.92. The molecule has 0 amide bonds. The lowest BCUT2D eigenvalue weighted by atomic mass is 9.96. The first kappa shape index (κ1) is 20.2. The van der Waals surface area contributed by atoms with Gasteiger partial charge in [0.1, 0.15) is 5.75 Å². The fourth-order valence-corrected chi connectivity index (χ4v) is 4.88. The second kappa shape index (κ2) is 8.09. The smallest absolute Gasteiger partial charge is 0.174 e. The topological polar surface area (TPSA) is 66.2 Å². The van der Waals surface area contributed by atoms with Gasteiger partial charge in [-0.05, 0) is 86.2 Å². The predicted molar refractivity (Wildman–Crippen MR) is 129 cm³/mol. The summed E-state index contributed by atoms with van der Waals surface area (Å²) in [5, 5.41) is 13.9. The van der Waals surface area contributed by atoms with E-state index in [1.54, 1.807) is 24.5 Å². The van der Waals surface area contributed by atoms with Crippen LogP contribution in [0.3, 0.4) is 0 Å². The molecule has 6 nitrogen and oxygen atoms in total. The Balaban J connectivity index is 1.68. The van der Waals surface area contributed by atoms with Gasteiger partial charge in [0.25, 0.3) is 0 Å².